The molecule has 15 heteroatoms. The third kappa shape index (κ3) is 5.25. The van der Waals surface area contributed by atoms with Crippen LogP contribution in [-0.4, -0.2) is 66.0 Å². The maximum absolute atomic E-state index is 14.6. The zero-order valence-electron chi connectivity index (χ0n) is 22.8. The summed E-state index contributed by atoms with van der Waals surface area (Å²) < 4.78 is 110. The molecule has 0 fully saturated rings. The Morgan fingerprint density at radius 2 is 1.77 bits per heavy atom. The van der Waals surface area contributed by atoms with Crippen LogP contribution in [0.2, 0.25) is 0 Å². The van der Waals surface area contributed by atoms with Gasteiger partial charge in [0.25, 0.3) is 5.91 Å². The van der Waals surface area contributed by atoms with Crippen LogP contribution in [0.1, 0.15) is 27.3 Å². The summed E-state index contributed by atoms with van der Waals surface area (Å²) in [6.45, 7) is -5.70. The highest BCUT2D eigenvalue weighted by Gasteiger charge is 2.57. The quantitative estimate of drug-likeness (QED) is 0.251. The molecule has 232 valence electrons. The number of benzene rings is 2. The van der Waals surface area contributed by atoms with E-state index in [-0.39, 0.29) is 50.5 Å². The predicted octanol–water partition coefficient (Wildman–Crippen LogP) is 5.06. The van der Waals surface area contributed by atoms with Gasteiger partial charge < -0.3 is 19.9 Å². The van der Waals surface area contributed by atoms with Gasteiger partial charge in [-0.3, -0.25) is 4.79 Å². The number of methoxy groups -OCH3 is 1. The van der Waals surface area contributed by atoms with E-state index in [1.54, 1.807) is 0 Å². The van der Waals surface area contributed by atoms with Gasteiger partial charge in [-0.2, -0.15) is 18.3 Å². The van der Waals surface area contributed by atoms with Crippen molar-refractivity contribution in [2.24, 2.45) is 0 Å². The van der Waals surface area contributed by atoms with Crippen LogP contribution in [0.15, 0.2) is 48.5 Å². The van der Waals surface area contributed by atoms with Crippen LogP contribution in [0.25, 0.3) is 22.2 Å². The molecule has 0 aliphatic carbocycles. The lowest BCUT2D eigenvalue weighted by Crippen LogP contribution is -2.51. The van der Waals surface area contributed by atoms with Gasteiger partial charge in [0.2, 0.25) is 5.60 Å². The fourth-order valence-corrected chi connectivity index (χ4v) is 4.80. The molecule has 1 amide bonds. The van der Waals surface area contributed by atoms with Crippen LogP contribution >= 0.6 is 0 Å². The number of nitrogens with one attached hydrogen (secondary N) is 1. The molecule has 8 nitrogen and oxygen atoms in total. The van der Waals surface area contributed by atoms with Crippen molar-refractivity contribution in [2.45, 2.75) is 23.9 Å². The van der Waals surface area contributed by atoms with E-state index in [4.69, 9.17) is 9.47 Å². The normalized spacial score (nSPS) is 15.4. The number of rotatable bonds is 9. The highest BCUT2D eigenvalue weighted by molar-refractivity contribution is 5.99. The van der Waals surface area contributed by atoms with Crippen molar-refractivity contribution in [3.05, 3.63) is 76.9 Å². The average Bonchev–Trinajstić information content (AvgIpc) is 3.41. The number of fused-ring (bicyclic) bond motifs is 2. The highest BCUT2D eigenvalue weighted by atomic mass is 19.4. The third-order valence-corrected chi connectivity index (χ3v) is 7.39. The number of hydrogen-bond donors (Lipinski definition) is 2. The van der Waals surface area contributed by atoms with Crippen molar-refractivity contribution in [2.75, 3.05) is 33.6 Å². The number of aliphatic hydroxyl groups is 1. The van der Waals surface area contributed by atoms with Crippen molar-refractivity contribution in [3.8, 4) is 22.8 Å². The molecule has 0 saturated carbocycles. The Balaban J connectivity index is 1.58. The van der Waals surface area contributed by atoms with Crippen LogP contribution in [0.4, 0.5) is 30.7 Å². The zero-order valence-corrected chi connectivity index (χ0v) is 22.8. The number of carbonyl (C=O) groups is 1. The first-order valence-corrected chi connectivity index (χ1v) is 12.9. The first kappa shape index (κ1) is 30.9. The topological polar surface area (TPSA) is 106 Å². The average molecular weight is 625 g/mol. The third-order valence-electron chi connectivity index (χ3n) is 7.39. The van der Waals surface area contributed by atoms with Crippen molar-refractivity contribution in [1.29, 1.82) is 0 Å². The van der Waals surface area contributed by atoms with Gasteiger partial charge in [-0.15, -0.1) is 5.10 Å². The largest absolute Gasteiger partial charge is 0.494 e. The van der Waals surface area contributed by atoms with Crippen LogP contribution in [0, 0.1) is 5.82 Å². The van der Waals surface area contributed by atoms with Crippen LogP contribution in [0.3, 0.4) is 0 Å². The van der Waals surface area contributed by atoms with E-state index in [1.165, 1.54) is 37.4 Å². The van der Waals surface area contributed by atoms with E-state index in [0.717, 1.165) is 12.1 Å². The second-order valence-electron chi connectivity index (χ2n) is 10.2. The molecule has 2 N–H and O–H groups in total. The number of alkyl halides is 6. The molecular weight excluding hydrogens is 601 g/mol. The van der Waals surface area contributed by atoms with Crippen molar-refractivity contribution in [3.63, 3.8) is 0 Å². The summed E-state index contributed by atoms with van der Waals surface area (Å²) in [4.78, 5) is 17.1. The number of hydrogen-bond acceptors (Lipinski definition) is 7. The van der Waals surface area contributed by atoms with Gasteiger partial charge in [-0.25, -0.2) is 22.5 Å². The lowest BCUT2D eigenvalue weighted by atomic mass is 9.82. The fourth-order valence-electron chi connectivity index (χ4n) is 4.80. The molecule has 44 heavy (non-hydrogen) atoms. The van der Waals surface area contributed by atoms with E-state index in [0.29, 0.717) is 6.07 Å². The number of halogens is 7. The standard InChI is InChI=1S/C29H23F7N4O4/c1-43-21-8-17(6-16-7-19(10-30)39-40-23(16)21)26(41)37-13-28(42,29(34,35)36)22-9-20-25(44-14-27(20,11-31)12-32)24(38-22)15-2-4-18(33)5-3-15/h2-9,42H,10-14H2,1H3,(H,37,41)/t28-/m0/s1. The van der Waals surface area contributed by atoms with E-state index in [1.807, 2.05) is 5.32 Å². The molecule has 0 bridgehead atoms. The Morgan fingerprint density at radius 3 is 2.39 bits per heavy atom. The molecule has 1 aliphatic heterocycles. The molecule has 4 aromatic rings. The molecule has 0 saturated heterocycles. The minimum Gasteiger partial charge on any atom is -0.494 e. The van der Waals surface area contributed by atoms with E-state index < -0.39 is 67.8 Å². The minimum absolute atomic E-state index is 0.0228. The molecule has 1 aliphatic rings. The van der Waals surface area contributed by atoms with Gasteiger partial charge in [-0.1, -0.05) is 0 Å². The molecule has 3 heterocycles. The first-order chi connectivity index (χ1) is 20.9. The maximum atomic E-state index is 14.6. The molecule has 5 rings (SSSR count). The molecule has 0 spiro atoms. The van der Waals surface area contributed by atoms with E-state index >= 15 is 0 Å². The Morgan fingerprint density at radius 1 is 1.07 bits per heavy atom. The summed E-state index contributed by atoms with van der Waals surface area (Å²) >= 11 is 0. The van der Waals surface area contributed by atoms with Gasteiger partial charge in [-0.05, 0) is 48.5 Å². The van der Waals surface area contributed by atoms with Crippen molar-refractivity contribution >= 4 is 16.8 Å². The zero-order chi connectivity index (χ0) is 31.9. The number of amides is 1. The van der Waals surface area contributed by atoms with Gasteiger partial charge >= 0.3 is 6.18 Å². The molecule has 0 unspecified atom stereocenters. The number of nitrogens with zero attached hydrogens (tertiary/aromatic N) is 3. The second kappa shape index (κ2) is 11.5. The fraction of sp³-hybridized carbons (Fsp3) is 0.310. The van der Waals surface area contributed by atoms with Crippen LogP contribution < -0.4 is 14.8 Å². The minimum atomic E-state index is -5.47. The van der Waals surface area contributed by atoms with Crippen molar-refractivity contribution in [1.82, 2.24) is 20.5 Å². The van der Waals surface area contributed by atoms with Crippen LogP contribution in [0.5, 0.6) is 11.5 Å². The lowest BCUT2D eigenvalue weighted by molar-refractivity contribution is -0.265. The summed E-state index contributed by atoms with van der Waals surface area (Å²) in [5.41, 5.74) is -7.65. The first-order valence-electron chi connectivity index (χ1n) is 12.9. The molecule has 2 aromatic carbocycles. The lowest BCUT2D eigenvalue weighted by Gasteiger charge is -2.31. The van der Waals surface area contributed by atoms with E-state index in [9.17, 15) is 40.6 Å². The molecule has 2 aromatic heterocycles. The number of aromatic nitrogens is 3. The molecule has 1 atom stereocenters. The van der Waals surface area contributed by atoms with E-state index in [2.05, 4.69) is 15.2 Å². The number of carbonyl (C=O) groups excluding carboxylic acids is 1. The number of ether oxygens (including phenoxy) is 2. The van der Waals surface area contributed by atoms with Crippen LogP contribution in [-0.2, 0) is 17.7 Å². The Labute approximate surface area is 244 Å². The highest BCUT2D eigenvalue weighted by Crippen LogP contribution is 2.48. The smallest absolute Gasteiger partial charge is 0.424 e. The van der Waals surface area contributed by atoms with Gasteiger partial charge in [0, 0.05) is 22.1 Å². The van der Waals surface area contributed by atoms with Gasteiger partial charge in [0.05, 0.1) is 30.5 Å². The van der Waals surface area contributed by atoms with Gasteiger partial charge in [0.1, 0.15) is 55.2 Å². The maximum Gasteiger partial charge on any atom is 0.424 e. The second-order valence-corrected chi connectivity index (χ2v) is 10.2. The Kier molecular flexibility index (Phi) is 8.09. The Bertz CT molecular complexity index is 1720. The summed E-state index contributed by atoms with van der Waals surface area (Å²) in [6, 6.07) is 8.72. The summed E-state index contributed by atoms with van der Waals surface area (Å²) in [5, 5.41) is 20.9. The Hall–Kier alpha value is -4.53. The molecule has 0 radical (unpaired) electrons. The predicted molar refractivity (Wildman–Crippen MR) is 142 cm³/mol. The SMILES string of the molecule is COc1cc(C(=O)NC[C@](O)(c2cc3c(c(-c4ccc(F)cc4)n2)OCC3(CF)CF)C(F)(F)F)cc2cc(CF)nnc12. The summed E-state index contributed by atoms with van der Waals surface area (Å²) in [7, 11) is 1.25. The summed E-state index contributed by atoms with van der Waals surface area (Å²) in [5.74, 6) is -1.95. The van der Waals surface area contributed by atoms with Crippen molar-refractivity contribution < 1.29 is 50.1 Å². The van der Waals surface area contributed by atoms with Gasteiger partial charge in [0.15, 0.2) is 0 Å². The monoisotopic (exact) mass is 624 g/mol. The summed E-state index contributed by atoms with van der Waals surface area (Å²) in [6.07, 6.45) is -5.47. The number of pyridine rings is 1. The molecular formula is C29H23F7N4O4.